The lowest BCUT2D eigenvalue weighted by atomic mass is 9.64. The zero-order valence-electron chi connectivity index (χ0n) is 14.0. The number of hydrogen-bond acceptors (Lipinski definition) is 2. The van der Waals surface area contributed by atoms with E-state index in [2.05, 4.69) is 0 Å². The highest BCUT2D eigenvalue weighted by atomic mass is 16.4. The minimum atomic E-state index is -1.15. The fourth-order valence-electron chi connectivity index (χ4n) is 2.36. The molecule has 0 amide bonds. The van der Waals surface area contributed by atoms with Gasteiger partial charge in [-0.25, -0.2) is 0 Å². The third kappa shape index (κ3) is 3.04. The van der Waals surface area contributed by atoms with Crippen molar-refractivity contribution in [2.45, 2.75) is 27.7 Å². The molecular formula is C20H22O3. The van der Waals surface area contributed by atoms with Crippen LogP contribution in [0.15, 0.2) is 54.6 Å². The van der Waals surface area contributed by atoms with E-state index >= 15 is 0 Å². The Labute approximate surface area is 137 Å². The highest BCUT2D eigenvalue weighted by Crippen LogP contribution is 2.41. The van der Waals surface area contributed by atoms with Crippen molar-refractivity contribution in [3.8, 4) is 11.1 Å². The van der Waals surface area contributed by atoms with Gasteiger partial charge in [-0.3, -0.25) is 9.59 Å². The first-order valence-electron chi connectivity index (χ1n) is 7.61. The Bertz CT molecular complexity index is 710. The molecule has 0 saturated carbocycles. The Hall–Kier alpha value is -2.42. The molecule has 2 aromatic carbocycles. The fraction of sp³-hybridized carbons (Fsp3) is 0.300. The molecule has 0 saturated heterocycles. The molecule has 1 N–H and O–H groups in total. The first-order chi connectivity index (χ1) is 10.7. The summed E-state index contributed by atoms with van der Waals surface area (Å²) in [5.74, 6) is -1.14. The van der Waals surface area contributed by atoms with Gasteiger partial charge >= 0.3 is 5.97 Å². The molecule has 0 heterocycles. The van der Waals surface area contributed by atoms with Gasteiger partial charge in [0, 0.05) is 11.0 Å². The summed E-state index contributed by atoms with van der Waals surface area (Å²) in [4.78, 5) is 24.3. The molecule has 2 aromatic rings. The monoisotopic (exact) mass is 310 g/mol. The lowest BCUT2D eigenvalue weighted by molar-refractivity contribution is -0.151. The third-order valence-electron chi connectivity index (χ3n) is 4.92. The van der Waals surface area contributed by atoms with Crippen molar-refractivity contribution in [3.63, 3.8) is 0 Å². The van der Waals surface area contributed by atoms with Crippen LogP contribution >= 0.6 is 0 Å². The molecule has 0 aromatic heterocycles. The van der Waals surface area contributed by atoms with Crippen LogP contribution in [0.25, 0.3) is 11.1 Å². The van der Waals surface area contributed by atoms with E-state index in [0.717, 1.165) is 11.1 Å². The Balaban J connectivity index is 2.32. The van der Waals surface area contributed by atoms with Crippen LogP contribution < -0.4 is 0 Å². The van der Waals surface area contributed by atoms with Crippen molar-refractivity contribution in [3.05, 3.63) is 60.2 Å². The Morgan fingerprint density at radius 1 is 0.739 bits per heavy atom. The van der Waals surface area contributed by atoms with Gasteiger partial charge < -0.3 is 5.11 Å². The summed E-state index contributed by atoms with van der Waals surface area (Å²) in [6, 6.07) is 17.2. The first kappa shape index (κ1) is 16.9. The molecular weight excluding hydrogens is 288 g/mol. The number of ketones is 1. The SMILES string of the molecule is CC(C)(C(=O)O)C(C)(C)C(=O)c1ccc(-c2ccccc2)cc1. The van der Waals surface area contributed by atoms with Crippen LogP contribution in [0.4, 0.5) is 0 Å². The zero-order valence-corrected chi connectivity index (χ0v) is 14.0. The maximum Gasteiger partial charge on any atom is 0.310 e. The van der Waals surface area contributed by atoms with Crippen LogP contribution in [0, 0.1) is 10.8 Å². The molecule has 120 valence electrons. The average molecular weight is 310 g/mol. The quantitative estimate of drug-likeness (QED) is 0.816. The summed E-state index contributed by atoms with van der Waals surface area (Å²) in [6.07, 6.45) is 0. The predicted octanol–water partition coefficient (Wildman–Crippen LogP) is 4.67. The van der Waals surface area contributed by atoms with Crippen molar-refractivity contribution in [2.75, 3.05) is 0 Å². The summed E-state index contributed by atoms with van der Waals surface area (Å²) < 4.78 is 0. The molecule has 3 heteroatoms. The average Bonchev–Trinajstić information content (AvgIpc) is 2.54. The van der Waals surface area contributed by atoms with Crippen LogP contribution in [0.3, 0.4) is 0 Å². The van der Waals surface area contributed by atoms with Gasteiger partial charge in [0.05, 0.1) is 5.41 Å². The van der Waals surface area contributed by atoms with Gasteiger partial charge in [0.25, 0.3) is 0 Å². The van der Waals surface area contributed by atoms with E-state index < -0.39 is 16.8 Å². The van der Waals surface area contributed by atoms with Crippen LogP contribution in [0.5, 0.6) is 0 Å². The number of carbonyl (C=O) groups is 2. The summed E-state index contributed by atoms with van der Waals surface area (Å²) in [6.45, 7) is 6.56. The number of aliphatic carboxylic acids is 1. The molecule has 0 aliphatic carbocycles. The number of rotatable bonds is 5. The van der Waals surface area contributed by atoms with Gasteiger partial charge in [0.15, 0.2) is 5.78 Å². The van der Waals surface area contributed by atoms with Gasteiger partial charge in [-0.1, -0.05) is 68.4 Å². The number of hydrogen-bond donors (Lipinski definition) is 1. The standard InChI is InChI=1S/C20H22O3/c1-19(2,20(3,4)18(22)23)17(21)16-12-10-15(11-13-16)14-8-6-5-7-9-14/h5-13H,1-4H3,(H,22,23). The first-order valence-corrected chi connectivity index (χ1v) is 7.61. The Kier molecular flexibility index (Phi) is 4.42. The van der Waals surface area contributed by atoms with Crippen LogP contribution in [0.2, 0.25) is 0 Å². The number of Topliss-reactive ketones (excluding diaryl/α,β-unsaturated/α-hetero) is 1. The molecule has 3 nitrogen and oxygen atoms in total. The van der Waals surface area contributed by atoms with E-state index in [1.165, 1.54) is 0 Å². The van der Waals surface area contributed by atoms with Gasteiger partial charge in [-0.2, -0.15) is 0 Å². The van der Waals surface area contributed by atoms with Crippen LogP contribution in [-0.4, -0.2) is 16.9 Å². The maximum absolute atomic E-state index is 12.8. The van der Waals surface area contributed by atoms with E-state index in [1.54, 1.807) is 39.8 Å². The second kappa shape index (κ2) is 5.99. The molecule has 0 radical (unpaired) electrons. The molecule has 0 aliphatic rings. The zero-order chi connectivity index (χ0) is 17.3. The second-order valence-electron chi connectivity index (χ2n) is 6.83. The summed E-state index contributed by atoms with van der Waals surface area (Å²) in [7, 11) is 0. The van der Waals surface area contributed by atoms with Gasteiger partial charge in [-0.05, 0) is 25.0 Å². The van der Waals surface area contributed by atoms with E-state index in [0.29, 0.717) is 5.56 Å². The minimum absolute atomic E-state index is 0.162. The van der Waals surface area contributed by atoms with Crippen LogP contribution in [-0.2, 0) is 4.79 Å². The summed E-state index contributed by atoms with van der Waals surface area (Å²) in [5, 5.41) is 9.41. The number of benzene rings is 2. The smallest absolute Gasteiger partial charge is 0.310 e. The molecule has 0 fully saturated rings. The van der Waals surface area contributed by atoms with E-state index in [1.807, 2.05) is 42.5 Å². The number of carboxylic acid groups (broad SMARTS) is 1. The summed E-state index contributed by atoms with van der Waals surface area (Å²) >= 11 is 0. The van der Waals surface area contributed by atoms with E-state index in [4.69, 9.17) is 0 Å². The van der Waals surface area contributed by atoms with Crippen molar-refractivity contribution < 1.29 is 14.7 Å². The third-order valence-corrected chi connectivity index (χ3v) is 4.92. The lowest BCUT2D eigenvalue weighted by Crippen LogP contribution is -2.45. The number of carbonyl (C=O) groups excluding carboxylic acids is 1. The normalized spacial score (nSPS) is 12.0. The molecule has 0 aliphatic heterocycles. The van der Waals surface area contributed by atoms with Gasteiger partial charge in [0.1, 0.15) is 0 Å². The highest BCUT2D eigenvalue weighted by molar-refractivity contribution is 6.03. The maximum atomic E-state index is 12.8. The second-order valence-corrected chi connectivity index (χ2v) is 6.83. The van der Waals surface area contributed by atoms with Crippen molar-refractivity contribution in [1.82, 2.24) is 0 Å². The Morgan fingerprint density at radius 2 is 1.22 bits per heavy atom. The predicted molar refractivity (Wildman–Crippen MR) is 91.4 cm³/mol. The van der Waals surface area contributed by atoms with Gasteiger partial charge in [-0.15, -0.1) is 0 Å². The Morgan fingerprint density at radius 3 is 1.70 bits per heavy atom. The van der Waals surface area contributed by atoms with Crippen LogP contribution in [0.1, 0.15) is 38.1 Å². The molecule has 2 rings (SSSR count). The van der Waals surface area contributed by atoms with E-state index in [-0.39, 0.29) is 5.78 Å². The van der Waals surface area contributed by atoms with Crippen molar-refractivity contribution in [1.29, 1.82) is 0 Å². The van der Waals surface area contributed by atoms with Gasteiger partial charge in [0.2, 0.25) is 0 Å². The summed E-state index contributed by atoms with van der Waals surface area (Å²) in [5.41, 5.74) is 0.480. The van der Waals surface area contributed by atoms with Crippen molar-refractivity contribution >= 4 is 11.8 Å². The van der Waals surface area contributed by atoms with Crippen molar-refractivity contribution in [2.24, 2.45) is 10.8 Å². The minimum Gasteiger partial charge on any atom is -0.481 e. The topological polar surface area (TPSA) is 54.4 Å². The molecule has 23 heavy (non-hydrogen) atoms. The largest absolute Gasteiger partial charge is 0.481 e. The fourth-order valence-corrected chi connectivity index (χ4v) is 2.36. The van der Waals surface area contributed by atoms with E-state index in [9.17, 15) is 14.7 Å². The highest BCUT2D eigenvalue weighted by Gasteiger charge is 2.48. The molecule has 0 bridgehead atoms. The molecule has 0 spiro atoms. The lowest BCUT2D eigenvalue weighted by Gasteiger charge is -2.36. The molecule has 0 atom stereocenters. The molecule has 0 unspecified atom stereocenters. The number of carboxylic acids is 1.